The number of nitrogens with zero attached hydrogens (tertiary/aromatic N) is 4. The van der Waals surface area contributed by atoms with Gasteiger partial charge in [0.2, 0.25) is 5.95 Å². The second-order valence-corrected chi connectivity index (χ2v) is 6.52. The van der Waals surface area contributed by atoms with Crippen LogP contribution in [0.3, 0.4) is 0 Å². The van der Waals surface area contributed by atoms with E-state index in [0.717, 1.165) is 18.2 Å². The van der Waals surface area contributed by atoms with Crippen molar-refractivity contribution in [2.24, 2.45) is 7.05 Å². The summed E-state index contributed by atoms with van der Waals surface area (Å²) in [6.45, 7) is 0. The van der Waals surface area contributed by atoms with Crippen molar-refractivity contribution in [1.82, 2.24) is 19.7 Å². The van der Waals surface area contributed by atoms with Crippen LogP contribution in [0.1, 0.15) is 5.56 Å². The van der Waals surface area contributed by atoms with E-state index in [-0.39, 0.29) is 34.0 Å². The quantitative estimate of drug-likeness (QED) is 0.332. The van der Waals surface area contributed by atoms with E-state index < -0.39 is 17.6 Å². The summed E-state index contributed by atoms with van der Waals surface area (Å²) >= 11 is 0. The van der Waals surface area contributed by atoms with Gasteiger partial charge in [-0.1, -0.05) is 0 Å². The molecule has 2 aromatic heterocycles. The molecule has 2 aromatic carbocycles. The van der Waals surface area contributed by atoms with Gasteiger partial charge in [0, 0.05) is 24.3 Å². The number of fused-ring (bicyclic) bond motifs is 1. The van der Waals surface area contributed by atoms with Crippen LogP contribution in [0.15, 0.2) is 48.8 Å². The molecule has 0 fully saturated rings. The van der Waals surface area contributed by atoms with E-state index in [1.807, 2.05) is 0 Å². The lowest BCUT2D eigenvalue weighted by Crippen LogP contribution is -2.07. The molecule has 0 bridgehead atoms. The van der Waals surface area contributed by atoms with Crippen LogP contribution in [0.4, 0.5) is 46.4 Å². The number of aromatic nitrogens is 4. The summed E-state index contributed by atoms with van der Waals surface area (Å²) in [5.74, 6) is -0.547. The van der Waals surface area contributed by atoms with Crippen molar-refractivity contribution < 1.29 is 17.6 Å². The van der Waals surface area contributed by atoms with Crippen molar-refractivity contribution in [1.29, 1.82) is 0 Å². The first kappa shape index (κ1) is 19.4. The number of nitrogens with one attached hydrogen (secondary N) is 2. The Balaban J connectivity index is 1.84. The molecule has 154 valence electrons. The van der Waals surface area contributed by atoms with Crippen molar-refractivity contribution in [3.05, 3.63) is 60.2 Å². The second-order valence-electron chi connectivity index (χ2n) is 6.52. The molecule has 30 heavy (non-hydrogen) atoms. The molecular weight excluding hydrogens is 402 g/mol. The largest absolute Gasteiger partial charge is 0.416 e. The molecule has 4 N–H and O–H groups in total. The molecule has 4 aromatic rings. The smallest absolute Gasteiger partial charge is 0.399 e. The summed E-state index contributed by atoms with van der Waals surface area (Å²) in [7, 11) is 1.72. The fourth-order valence-electron chi connectivity index (χ4n) is 2.84. The molecule has 0 atom stereocenters. The predicted octanol–water partition coefficient (Wildman–Crippen LogP) is 4.59. The first-order chi connectivity index (χ1) is 14.2. The third-order valence-corrected chi connectivity index (χ3v) is 4.23. The Labute approximate surface area is 167 Å². The number of nitrogen functional groups attached to an aromatic ring is 1. The van der Waals surface area contributed by atoms with E-state index in [0.29, 0.717) is 5.69 Å². The van der Waals surface area contributed by atoms with Gasteiger partial charge in [-0.15, -0.1) is 0 Å². The zero-order valence-electron chi connectivity index (χ0n) is 15.5. The van der Waals surface area contributed by atoms with Crippen LogP contribution in [-0.4, -0.2) is 19.7 Å². The topological polar surface area (TPSA) is 93.7 Å². The van der Waals surface area contributed by atoms with Gasteiger partial charge in [-0.05, 0) is 36.4 Å². The van der Waals surface area contributed by atoms with Gasteiger partial charge in [0.15, 0.2) is 0 Å². The first-order valence-electron chi connectivity index (χ1n) is 8.66. The lowest BCUT2D eigenvalue weighted by molar-refractivity contribution is -0.137. The highest BCUT2D eigenvalue weighted by atomic mass is 19.4. The van der Waals surface area contributed by atoms with Crippen molar-refractivity contribution >= 4 is 39.7 Å². The molecule has 2 heterocycles. The average Bonchev–Trinajstić information content (AvgIpc) is 3.08. The molecule has 0 radical (unpaired) electrons. The second kappa shape index (κ2) is 7.17. The Bertz CT molecular complexity index is 1230. The van der Waals surface area contributed by atoms with Crippen molar-refractivity contribution in [2.75, 3.05) is 16.4 Å². The molecule has 0 amide bonds. The van der Waals surface area contributed by atoms with Crippen molar-refractivity contribution in [3.63, 3.8) is 0 Å². The van der Waals surface area contributed by atoms with Gasteiger partial charge in [-0.25, -0.2) is 9.37 Å². The third-order valence-electron chi connectivity index (χ3n) is 4.23. The number of hydrogen-bond acceptors (Lipinski definition) is 6. The number of halogens is 4. The van der Waals surface area contributed by atoms with Crippen molar-refractivity contribution in [2.45, 2.75) is 6.18 Å². The summed E-state index contributed by atoms with van der Waals surface area (Å²) in [6.07, 6.45) is -1.35. The van der Waals surface area contributed by atoms with Gasteiger partial charge >= 0.3 is 6.18 Å². The van der Waals surface area contributed by atoms with Crippen LogP contribution in [-0.2, 0) is 13.2 Å². The molecule has 0 aliphatic heterocycles. The van der Waals surface area contributed by atoms with Gasteiger partial charge in [0.1, 0.15) is 11.6 Å². The molecular formula is C19H15F4N7. The van der Waals surface area contributed by atoms with Gasteiger partial charge < -0.3 is 16.4 Å². The average molecular weight is 417 g/mol. The summed E-state index contributed by atoms with van der Waals surface area (Å²) in [4.78, 5) is 8.51. The summed E-state index contributed by atoms with van der Waals surface area (Å²) in [5.41, 5.74) is 5.89. The minimum atomic E-state index is -4.56. The van der Waals surface area contributed by atoms with Crippen LogP contribution in [0, 0.1) is 5.82 Å². The zero-order valence-corrected chi connectivity index (χ0v) is 15.5. The standard InChI is InChI=1S/C19H15F4N7/c1-30-9-12(8-25-30)26-18-28-15-5-2-10(19(21,22)23)6-13(15)17(29-18)27-16-7-11(24)3-4-14(16)20/h2-9H,24H2,1H3,(H2,26,27,28,29). The van der Waals surface area contributed by atoms with E-state index >= 15 is 0 Å². The normalized spacial score (nSPS) is 11.6. The fourth-order valence-corrected chi connectivity index (χ4v) is 2.84. The molecule has 0 aliphatic carbocycles. The fraction of sp³-hybridized carbons (Fsp3) is 0.105. The van der Waals surface area contributed by atoms with Crippen LogP contribution in [0.2, 0.25) is 0 Å². The van der Waals surface area contributed by atoms with Crippen LogP contribution < -0.4 is 16.4 Å². The molecule has 0 saturated carbocycles. The molecule has 0 unspecified atom stereocenters. The van der Waals surface area contributed by atoms with Gasteiger partial charge in [0.25, 0.3) is 0 Å². The summed E-state index contributed by atoms with van der Waals surface area (Å²) in [6, 6.07) is 6.91. The number of alkyl halides is 3. The summed E-state index contributed by atoms with van der Waals surface area (Å²) in [5, 5.41) is 9.75. The minimum absolute atomic E-state index is 0.0120. The highest BCUT2D eigenvalue weighted by Crippen LogP contribution is 2.34. The lowest BCUT2D eigenvalue weighted by Gasteiger charge is -2.14. The Morgan fingerprint density at radius 2 is 1.83 bits per heavy atom. The predicted molar refractivity (Wildman–Crippen MR) is 105 cm³/mol. The summed E-state index contributed by atoms with van der Waals surface area (Å²) < 4.78 is 55.4. The molecule has 0 saturated heterocycles. The molecule has 0 aliphatic rings. The van der Waals surface area contributed by atoms with E-state index in [4.69, 9.17) is 5.73 Å². The van der Waals surface area contributed by atoms with Crippen LogP contribution in [0.25, 0.3) is 10.9 Å². The van der Waals surface area contributed by atoms with Gasteiger partial charge in [0.05, 0.1) is 28.7 Å². The number of hydrogen-bond donors (Lipinski definition) is 3. The van der Waals surface area contributed by atoms with E-state index in [1.165, 1.54) is 24.4 Å². The van der Waals surface area contributed by atoms with E-state index in [9.17, 15) is 17.6 Å². The number of rotatable bonds is 4. The molecule has 11 heteroatoms. The Morgan fingerprint density at radius 3 is 2.53 bits per heavy atom. The van der Waals surface area contributed by atoms with E-state index in [1.54, 1.807) is 17.9 Å². The maximum absolute atomic E-state index is 14.2. The lowest BCUT2D eigenvalue weighted by atomic mass is 10.1. The van der Waals surface area contributed by atoms with Gasteiger partial charge in [-0.2, -0.15) is 23.3 Å². The maximum atomic E-state index is 14.2. The zero-order chi connectivity index (χ0) is 21.5. The highest BCUT2D eigenvalue weighted by molar-refractivity contribution is 5.92. The monoisotopic (exact) mass is 417 g/mol. The van der Waals surface area contributed by atoms with Crippen LogP contribution >= 0.6 is 0 Å². The molecule has 0 spiro atoms. The Morgan fingerprint density at radius 1 is 1.03 bits per heavy atom. The van der Waals surface area contributed by atoms with Crippen molar-refractivity contribution in [3.8, 4) is 0 Å². The highest BCUT2D eigenvalue weighted by Gasteiger charge is 2.31. The minimum Gasteiger partial charge on any atom is -0.399 e. The molecule has 7 nitrogen and oxygen atoms in total. The Hall–Kier alpha value is -3.89. The number of nitrogens with two attached hydrogens (primary N) is 1. The SMILES string of the molecule is Cn1cc(Nc2nc(Nc3cc(N)ccc3F)c3cc(C(F)(F)F)ccc3n2)cn1. The van der Waals surface area contributed by atoms with E-state index in [2.05, 4.69) is 25.7 Å². The molecule has 4 rings (SSSR count). The maximum Gasteiger partial charge on any atom is 0.416 e. The first-order valence-corrected chi connectivity index (χ1v) is 8.66. The Kier molecular flexibility index (Phi) is 4.65. The third kappa shape index (κ3) is 3.95. The number of anilines is 5. The van der Waals surface area contributed by atoms with Crippen LogP contribution in [0.5, 0.6) is 0 Å². The van der Waals surface area contributed by atoms with Gasteiger partial charge in [-0.3, -0.25) is 4.68 Å². The number of aryl methyl sites for hydroxylation is 1. The number of benzene rings is 2.